The Morgan fingerprint density at radius 1 is 1.31 bits per heavy atom. The van der Waals surface area contributed by atoms with Crippen molar-refractivity contribution in [2.75, 3.05) is 7.11 Å². The largest absolute Gasteiger partial charge is 0.469 e. The van der Waals surface area contributed by atoms with E-state index in [2.05, 4.69) is 36.0 Å². The summed E-state index contributed by atoms with van der Waals surface area (Å²) in [7, 11) is 1.41. The van der Waals surface area contributed by atoms with Gasteiger partial charge in [0.15, 0.2) is 0 Å². The second-order valence-electron chi connectivity index (χ2n) is 8.88. The highest BCUT2D eigenvalue weighted by atomic mass is 35.5. The normalized spacial score (nSPS) is 30.0. The standard InChI is InChI=1S/C24H39ClO4/c1-3-14-24(15-9-16-24)22(27)12-8-11-19-18(20(25)17-21(19)26)10-6-4-5-7-13-23(28)29-2/h4,6,8,11,18-22,26-27H,3,5,7,9-10,12-17H2,1-2H3/t18-,19-,20+,21-,22?/m1/s1. The molecule has 0 radical (unpaired) electrons. The molecule has 5 heteroatoms. The van der Waals surface area contributed by atoms with Crippen molar-refractivity contribution >= 4 is 17.6 Å². The zero-order chi connectivity index (χ0) is 21.3. The highest BCUT2D eigenvalue weighted by Crippen LogP contribution is 2.48. The fourth-order valence-corrected chi connectivity index (χ4v) is 5.45. The van der Waals surface area contributed by atoms with Crippen LogP contribution in [0.5, 0.6) is 0 Å². The third kappa shape index (κ3) is 6.83. The molecule has 2 rings (SSSR count). The third-order valence-electron chi connectivity index (χ3n) is 6.95. The van der Waals surface area contributed by atoms with Crippen molar-refractivity contribution in [2.45, 2.75) is 95.1 Å². The number of methoxy groups -OCH3 is 1. The summed E-state index contributed by atoms with van der Waals surface area (Å²) in [4.78, 5) is 11.1. The molecular formula is C24H39ClO4. The molecule has 0 aromatic carbocycles. The number of allylic oxidation sites excluding steroid dienone is 2. The van der Waals surface area contributed by atoms with Gasteiger partial charge >= 0.3 is 5.97 Å². The molecule has 1 unspecified atom stereocenters. The molecule has 2 N–H and O–H groups in total. The van der Waals surface area contributed by atoms with Crippen LogP contribution in [0.15, 0.2) is 24.3 Å². The van der Waals surface area contributed by atoms with Gasteiger partial charge in [-0.2, -0.15) is 0 Å². The van der Waals surface area contributed by atoms with Gasteiger partial charge in [0.1, 0.15) is 0 Å². The second kappa shape index (κ2) is 12.1. The number of carbonyl (C=O) groups is 1. The lowest BCUT2D eigenvalue weighted by molar-refractivity contribution is -0.140. The van der Waals surface area contributed by atoms with E-state index < -0.39 is 6.10 Å². The average molecular weight is 427 g/mol. The van der Waals surface area contributed by atoms with E-state index in [1.807, 2.05) is 0 Å². The number of ether oxygens (including phenoxy) is 1. The third-order valence-corrected chi connectivity index (χ3v) is 7.45. The van der Waals surface area contributed by atoms with Crippen LogP contribution in [0.4, 0.5) is 0 Å². The summed E-state index contributed by atoms with van der Waals surface area (Å²) in [5.74, 6) is 0.0614. The van der Waals surface area contributed by atoms with E-state index in [4.69, 9.17) is 11.6 Å². The fraction of sp³-hybridized carbons (Fsp3) is 0.792. The van der Waals surface area contributed by atoms with Crippen molar-refractivity contribution in [3.8, 4) is 0 Å². The monoisotopic (exact) mass is 426 g/mol. The van der Waals surface area contributed by atoms with Crippen molar-refractivity contribution in [3.63, 3.8) is 0 Å². The molecule has 0 aliphatic heterocycles. The van der Waals surface area contributed by atoms with Gasteiger partial charge in [0.2, 0.25) is 0 Å². The fourth-order valence-electron chi connectivity index (χ4n) is 5.00. The van der Waals surface area contributed by atoms with Crippen LogP contribution in [0.1, 0.15) is 77.6 Å². The Morgan fingerprint density at radius 2 is 2.07 bits per heavy atom. The van der Waals surface area contributed by atoms with E-state index in [9.17, 15) is 15.0 Å². The van der Waals surface area contributed by atoms with Crippen molar-refractivity contribution in [1.82, 2.24) is 0 Å². The lowest BCUT2D eigenvalue weighted by Gasteiger charge is -2.45. The van der Waals surface area contributed by atoms with Gasteiger partial charge in [-0.1, -0.05) is 44.1 Å². The number of alkyl halides is 1. The molecule has 4 nitrogen and oxygen atoms in total. The van der Waals surface area contributed by atoms with E-state index in [-0.39, 0.29) is 34.7 Å². The van der Waals surface area contributed by atoms with Crippen LogP contribution in [0.25, 0.3) is 0 Å². The van der Waals surface area contributed by atoms with Crippen LogP contribution in [-0.2, 0) is 9.53 Å². The molecular weight excluding hydrogens is 388 g/mol. The Kier molecular flexibility index (Phi) is 10.2. The maximum atomic E-state index is 11.1. The highest BCUT2D eigenvalue weighted by Gasteiger charge is 2.42. The smallest absolute Gasteiger partial charge is 0.305 e. The Labute approximate surface area is 181 Å². The Morgan fingerprint density at radius 3 is 2.69 bits per heavy atom. The first kappa shape index (κ1) is 24.4. The molecule has 0 bridgehead atoms. The van der Waals surface area contributed by atoms with Crippen molar-refractivity contribution in [2.24, 2.45) is 17.3 Å². The molecule has 2 aliphatic rings. The predicted molar refractivity (Wildman–Crippen MR) is 118 cm³/mol. The van der Waals surface area contributed by atoms with Gasteiger partial charge in [0.25, 0.3) is 0 Å². The Bertz CT molecular complexity index is 555. The van der Waals surface area contributed by atoms with Crippen LogP contribution < -0.4 is 0 Å². The number of hydrogen-bond acceptors (Lipinski definition) is 4. The van der Waals surface area contributed by atoms with Gasteiger partial charge < -0.3 is 14.9 Å². The van der Waals surface area contributed by atoms with Gasteiger partial charge in [-0.05, 0) is 62.7 Å². The zero-order valence-corrected chi connectivity index (χ0v) is 18.8. The van der Waals surface area contributed by atoms with Crippen LogP contribution in [0.2, 0.25) is 0 Å². The van der Waals surface area contributed by atoms with Crippen LogP contribution in [-0.4, -0.2) is 40.9 Å². The maximum absolute atomic E-state index is 11.1. The number of halogens is 1. The predicted octanol–water partition coefficient (Wildman–Crippen LogP) is 5.16. The number of aliphatic hydroxyl groups excluding tert-OH is 2. The van der Waals surface area contributed by atoms with Gasteiger partial charge in [-0.15, -0.1) is 11.6 Å². The summed E-state index contributed by atoms with van der Waals surface area (Å²) in [6.07, 6.45) is 17.5. The summed E-state index contributed by atoms with van der Waals surface area (Å²) in [6, 6.07) is 0. The van der Waals surface area contributed by atoms with E-state index in [1.165, 1.54) is 13.5 Å². The average Bonchev–Trinajstić information content (AvgIpc) is 2.93. The summed E-state index contributed by atoms with van der Waals surface area (Å²) in [5, 5.41) is 21.1. The lowest BCUT2D eigenvalue weighted by atomic mass is 9.62. The number of aliphatic hydroxyl groups is 2. The van der Waals surface area contributed by atoms with Gasteiger partial charge in [0.05, 0.1) is 19.3 Å². The van der Waals surface area contributed by atoms with Crippen LogP contribution in [0.3, 0.4) is 0 Å². The molecule has 5 atom stereocenters. The topological polar surface area (TPSA) is 66.8 Å². The number of carbonyl (C=O) groups excluding carboxylic acids is 1. The molecule has 2 saturated carbocycles. The van der Waals surface area contributed by atoms with Gasteiger partial charge in [0, 0.05) is 17.7 Å². The second-order valence-corrected chi connectivity index (χ2v) is 9.44. The first-order valence-corrected chi connectivity index (χ1v) is 11.8. The van der Waals surface area contributed by atoms with Gasteiger partial charge in [-0.25, -0.2) is 0 Å². The highest BCUT2D eigenvalue weighted by molar-refractivity contribution is 6.21. The maximum Gasteiger partial charge on any atom is 0.305 e. The number of unbranched alkanes of at least 4 members (excludes halogenated alkanes) is 1. The van der Waals surface area contributed by atoms with E-state index >= 15 is 0 Å². The van der Waals surface area contributed by atoms with Crippen molar-refractivity contribution in [1.29, 1.82) is 0 Å². The molecule has 0 spiro atoms. The molecule has 166 valence electrons. The molecule has 0 saturated heterocycles. The minimum atomic E-state index is -0.420. The molecule has 2 aliphatic carbocycles. The molecule has 0 aromatic heterocycles. The van der Waals surface area contributed by atoms with Gasteiger partial charge in [-0.3, -0.25) is 4.79 Å². The summed E-state index contributed by atoms with van der Waals surface area (Å²) < 4.78 is 4.64. The summed E-state index contributed by atoms with van der Waals surface area (Å²) in [6.45, 7) is 2.19. The van der Waals surface area contributed by atoms with Crippen molar-refractivity contribution < 1.29 is 19.7 Å². The first-order chi connectivity index (χ1) is 13.9. The summed E-state index contributed by atoms with van der Waals surface area (Å²) >= 11 is 6.52. The van der Waals surface area contributed by atoms with E-state index in [1.54, 1.807) is 0 Å². The zero-order valence-electron chi connectivity index (χ0n) is 18.1. The van der Waals surface area contributed by atoms with Crippen LogP contribution in [0, 0.1) is 17.3 Å². The number of hydrogen-bond donors (Lipinski definition) is 2. The number of rotatable bonds is 12. The molecule has 0 amide bonds. The lowest BCUT2D eigenvalue weighted by Crippen LogP contribution is -2.41. The van der Waals surface area contributed by atoms with E-state index in [0.717, 1.165) is 44.9 Å². The molecule has 0 aromatic rings. The quantitative estimate of drug-likeness (QED) is 0.196. The minimum absolute atomic E-state index is 0.0351. The summed E-state index contributed by atoms with van der Waals surface area (Å²) in [5.41, 5.74) is 0.120. The number of esters is 1. The molecule has 29 heavy (non-hydrogen) atoms. The molecule has 0 heterocycles. The van der Waals surface area contributed by atoms with Crippen molar-refractivity contribution in [3.05, 3.63) is 24.3 Å². The van der Waals surface area contributed by atoms with Crippen LogP contribution >= 0.6 is 11.6 Å². The first-order valence-electron chi connectivity index (χ1n) is 11.3. The minimum Gasteiger partial charge on any atom is -0.469 e. The Balaban J connectivity index is 1.82. The SMILES string of the molecule is CCCC1(C(O)CC=C[C@@H]2[C@@H](CC=CCCCC(=O)OC)[C@@H](Cl)C[C@H]2O)CCC1. The molecule has 2 fully saturated rings. The van der Waals surface area contributed by atoms with E-state index in [0.29, 0.717) is 19.3 Å². The Hall–Kier alpha value is -0.840.